The Morgan fingerprint density at radius 3 is 2.46 bits per heavy atom. The summed E-state index contributed by atoms with van der Waals surface area (Å²) in [6.45, 7) is 1.80. The normalized spacial score (nSPS) is 11.6. The minimum atomic E-state index is -0.456. The summed E-state index contributed by atoms with van der Waals surface area (Å²) >= 11 is 2.64. The number of carbonyl (C=O) groups is 2. The predicted molar refractivity (Wildman–Crippen MR) is 156 cm³/mol. The molecule has 0 aliphatic carbocycles. The maximum atomic E-state index is 12.8. The van der Waals surface area contributed by atoms with Gasteiger partial charge in [-0.3, -0.25) is 19.7 Å². The molecule has 2 N–H and O–H groups in total. The van der Waals surface area contributed by atoms with Gasteiger partial charge in [-0.1, -0.05) is 42.5 Å². The summed E-state index contributed by atoms with van der Waals surface area (Å²) in [6.07, 6.45) is 0. The number of anilines is 2. The molecule has 0 aliphatic heterocycles. The second kappa shape index (κ2) is 11.5. The molecule has 10 heteroatoms. The van der Waals surface area contributed by atoms with E-state index >= 15 is 0 Å². The average Bonchev–Trinajstić information content (AvgIpc) is 3.42. The molecule has 0 saturated heterocycles. The van der Waals surface area contributed by atoms with Crippen LogP contribution >= 0.6 is 23.1 Å². The topological polar surface area (TPSA) is 114 Å². The molecule has 0 saturated carbocycles. The third kappa shape index (κ3) is 6.31. The fraction of sp³-hybridized carbons (Fsp3) is 0.0690. The summed E-state index contributed by atoms with van der Waals surface area (Å²) in [5, 5.41) is 20.6. The van der Waals surface area contributed by atoms with Gasteiger partial charge in [-0.05, 0) is 54.1 Å². The Morgan fingerprint density at radius 2 is 1.69 bits per heavy atom. The maximum absolute atomic E-state index is 12.8. The molecule has 194 valence electrons. The van der Waals surface area contributed by atoms with Crippen LogP contribution in [0.3, 0.4) is 0 Å². The predicted octanol–water partition coefficient (Wildman–Crippen LogP) is 7.24. The van der Waals surface area contributed by atoms with Crippen molar-refractivity contribution in [3.8, 4) is 11.3 Å². The van der Waals surface area contributed by atoms with Crippen molar-refractivity contribution >= 4 is 62.2 Å². The fourth-order valence-electron chi connectivity index (χ4n) is 3.86. The van der Waals surface area contributed by atoms with E-state index in [-0.39, 0.29) is 17.5 Å². The van der Waals surface area contributed by atoms with Crippen molar-refractivity contribution < 1.29 is 14.5 Å². The summed E-state index contributed by atoms with van der Waals surface area (Å²) in [7, 11) is 0. The maximum Gasteiger partial charge on any atom is 0.270 e. The molecule has 0 aliphatic rings. The van der Waals surface area contributed by atoms with Gasteiger partial charge in [0.2, 0.25) is 5.91 Å². The first-order valence-corrected chi connectivity index (χ1v) is 13.7. The number of hydrogen-bond acceptors (Lipinski definition) is 7. The average molecular weight is 555 g/mol. The minimum absolute atomic E-state index is 0.0182. The van der Waals surface area contributed by atoms with Crippen LogP contribution in [0, 0.1) is 10.1 Å². The smallest absolute Gasteiger partial charge is 0.270 e. The first kappa shape index (κ1) is 26.1. The third-order valence-electron chi connectivity index (χ3n) is 5.89. The Morgan fingerprint density at radius 1 is 0.923 bits per heavy atom. The van der Waals surface area contributed by atoms with Gasteiger partial charge in [0.25, 0.3) is 11.6 Å². The van der Waals surface area contributed by atoms with Crippen LogP contribution in [0.1, 0.15) is 17.3 Å². The molecular formula is C29H22N4O4S2. The number of nitrogens with zero attached hydrogens (tertiary/aromatic N) is 2. The van der Waals surface area contributed by atoms with Gasteiger partial charge < -0.3 is 10.6 Å². The lowest BCUT2D eigenvalue weighted by molar-refractivity contribution is -0.384. The molecule has 1 aromatic heterocycles. The van der Waals surface area contributed by atoms with Crippen molar-refractivity contribution in [1.82, 2.24) is 4.98 Å². The van der Waals surface area contributed by atoms with E-state index in [0.717, 1.165) is 15.7 Å². The van der Waals surface area contributed by atoms with E-state index < -0.39 is 10.2 Å². The van der Waals surface area contributed by atoms with Gasteiger partial charge in [0.05, 0.1) is 15.9 Å². The summed E-state index contributed by atoms with van der Waals surface area (Å²) < 4.78 is 0. The highest BCUT2D eigenvalue weighted by molar-refractivity contribution is 8.00. The molecule has 1 unspecified atom stereocenters. The number of thioether (sulfide) groups is 1. The van der Waals surface area contributed by atoms with Gasteiger partial charge in [-0.2, -0.15) is 0 Å². The number of rotatable bonds is 8. The molecule has 8 nitrogen and oxygen atoms in total. The Hall–Kier alpha value is -4.54. The van der Waals surface area contributed by atoms with E-state index in [1.54, 1.807) is 42.6 Å². The first-order chi connectivity index (χ1) is 18.9. The number of nitro groups is 1. The number of aromatic nitrogens is 1. The molecular weight excluding hydrogens is 532 g/mol. The molecule has 0 spiro atoms. The van der Waals surface area contributed by atoms with Crippen molar-refractivity contribution in [1.29, 1.82) is 0 Å². The van der Waals surface area contributed by atoms with Crippen LogP contribution in [-0.2, 0) is 4.79 Å². The van der Waals surface area contributed by atoms with E-state index in [0.29, 0.717) is 27.6 Å². The van der Waals surface area contributed by atoms with Crippen LogP contribution in [0.15, 0.2) is 101 Å². The van der Waals surface area contributed by atoms with Crippen LogP contribution in [0.25, 0.3) is 22.0 Å². The van der Waals surface area contributed by atoms with Gasteiger partial charge in [0.1, 0.15) is 0 Å². The first-order valence-electron chi connectivity index (χ1n) is 11.9. The number of nitrogens with one attached hydrogen (secondary N) is 2. The lowest BCUT2D eigenvalue weighted by Gasteiger charge is -2.11. The van der Waals surface area contributed by atoms with Gasteiger partial charge in [0, 0.05) is 39.2 Å². The van der Waals surface area contributed by atoms with E-state index in [2.05, 4.69) is 15.6 Å². The van der Waals surface area contributed by atoms with Gasteiger partial charge in [0.15, 0.2) is 5.13 Å². The zero-order valence-corrected chi connectivity index (χ0v) is 22.3. The highest BCUT2D eigenvalue weighted by Crippen LogP contribution is 2.29. The monoisotopic (exact) mass is 554 g/mol. The lowest BCUT2D eigenvalue weighted by atomic mass is 10.1. The molecule has 4 aromatic carbocycles. The summed E-state index contributed by atoms with van der Waals surface area (Å²) in [6, 6.07) is 27.0. The number of fused-ring (bicyclic) bond motifs is 1. The van der Waals surface area contributed by atoms with E-state index in [1.807, 2.05) is 48.5 Å². The fourth-order valence-corrected chi connectivity index (χ4v) is 5.45. The van der Waals surface area contributed by atoms with Gasteiger partial charge in [-0.15, -0.1) is 23.1 Å². The van der Waals surface area contributed by atoms with Crippen LogP contribution in [0.4, 0.5) is 16.5 Å². The van der Waals surface area contributed by atoms with Crippen LogP contribution in [0.5, 0.6) is 0 Å². The van der Waals surface area contributed by atoms with E-state index in [9.17, 15) is 19.7 Å². The zero-order chi connectivity index (χ0) is 27.4. The van der Waals surface area contributed by atoms with Crippen molar-refractivity contribution in [2.45, 2.75) is 17.1 Å². The molecule has 0 fully saturated rings. The summed E-state index contributed by atoms with van der Waals surface area (Å²) in [5.74, 6) is -0.407. The number of benzene rings is 4. The summed E-state index contributed by atoms with van der Waals surface area (Å²) in [4.78, 5) is 41.3. The number of thiazole rings is 1. The second-order valence-corrected chi connectivity index (χ2v) is 10.9. The molecule has 1 heterocycles. The molecule has 2 amide bonds. The molecule has 0 radical (unpaired) electrons. The lowest BCUT2D eigenvalue weighted by Crippen LogP contribution is -2.22. The molecule has 5 aromatic rings. The number of non-ortho nitro benzene ring substituents is 1. The number of hydrogen-bond donors (Lipinski definition) is 2. The van der Waals surface area contributed by atoms with Gasteiger partial charge in [-0.25, -0.2) is 4.98 Å². The van der Waals surface area contributed by atoms with E-state index in [1.165, 1.54) is 35.2 Å². The van der Waals surface area contributed by atoms with Crippen molar-refractivity contribution in [3.05, 3.63) is 112 Å². The Balaban J connectivity index is 1.17. The Bertz CT molecular complexity index is 1680. The van der Waals surface area contributed by atoms with Crippen molar-refractivity contribution in [2.75, 3.05) is 10.6 Å². The standard InChI is InChI=1S/C29H22N4O4S2/c1-18(27(34)32-29-31-26(17-38-29)21-7-4-8-24(16-21)33(36)37)39-25-13-11-23(12-14-25)30-28(35)22-10-9-19-5-2-3-6-20(19)15-22/h2-18H,1H3,(H,30,35)(H,31,32,34). The molecule has 0 bridgehead atoms. The highest BCUT2D eigenvalue weighted by atomic mass is 32.2. The quantitative estimate of drug-likeness (QED) is 0.119. The second-order valence-electron chi connectivity index (χ2n) is 8.64. The minimum Gasteiger partial charge on any atom is -0.322 e. The molecule has 39 heavy (non-hydrogen) atoms. The SMILES string of the molecule is CC(Sc1ccc(NC(=O)c2ccc3ccccc3c2)cc1)C(=O)Nc1nc(-c2cccc([N+](=O)[O-])c2)cs1. The van der Waals surface area contributed by atoms with Crippen molar-refractivity contribution in [2.24, 2.45) is 0 Å². The molecule has 1 atom stereocenters. The zero-order valence-electron chi connectivity index (χ0n) is 20.7. The number of amides is 2. The number of carbonyl (C=O) groups excluding carboxylic acids is 2. The third-order valence-corrected chi connectivity index (χ3v) is 7.76. The Labute approximate surface area is 232 Å². The Kier molecular flexibility index (Phi) is 7.67. The molecule has 5 rings (SSSR count). The number of nitro benzene ring substituents is 1. The van der Waals surface area contributed by atoms with Crippen LogP contribution in [-0.4, -0.2) is 27.0 Å². The highest BCUT2D eigenvalue weighted by Gasteiger charge is 2.17. The van der Waals surface area contributed by atoms with E-state index in [4.69, 9.17) is 0 Å². The van der Waals surface area contributed by atoms with Crippen LogP contribution in [0.2, 0.25) is 0 Å². The van der Waals surface area contributed by atoms with Crippen LogP contribution < -0.4 is 10.6 Å². The van der Waals surface area contributed by atoms with Crippen molar-refractivity contribution in [3.63, 3.8) is 0 Å². The largest absolute Gasteiger partial charge is 0.322 e. The van der Waals surface area contributed by atoms with Gasteiger partial charge >= 0.3 is 0 Å². The summed E-state index contributed by atoms with van der Waals surface area (Å²) in [5.41, 5.74) is 2.38.